The number of hydrazine groups is 1. The fourth-order valence-electron chi connectivity index (χ4n) is 2.36. The van der Waals surface area contributed by atoms with Crippen LogP contribution in [0.2, 0.25) is 0 Å². The van der Waals surface area contributed by atoms with E-state index in [-0.39, 0.29) is 11.6 Å². The minimum absolute atomic E-state index is 0.0989. The molecule has 2 aromatic rings. The Morgan fingerprint density at radius 3 is 2.50 bits per heavy atom. The van der Waals surface area contributed by atoms with Gasteiger partial charge in [-0.25, -0.2) is 5.84 Å². The van der Waals surface area contributed by atoms with Crippen molar-refractivity contribution >= 4 is 17.5 Å². The van der Waals surface area contributed by atoms with E-state index < -0.39 is 0 Å². The average Bonchev–Trinajstić information content (AvgIpc) is 3.13. The number of amidine groups is 1. The van der Waals surface area contributed by atoms with Gasteiger partial charge in [-0.1, -0.05) is 43.2 Å². The van der Waals surface area contributed by atoms with Crippen molar-refractivity contribution in [3.63, 3.8) is 0 Å². The molecule has 0 spiro atoms. The molecule has 0 unspecified atom stereocenters. The Morgan fingerprint density at radius 1 is 1.04 bits per heavy atom. The Hall–Kier alpha value is -2.60. The number of carbonyl (C=O) groups is 1. The molecule has 2 rings (SSSR count). The van der Waals surface area contributed by atoms with E-state index >= 15 is 0 Å². The van der Waals surface area contributed by atoms with Crippen LogP contribution in [0.15, 0.2) is 58.2 Å². The number of nitrogens with two attached hydrogens (primary N) is 2. The summed E-state index contributed by atoms with van der Waals surface area (Å²) < 4.78 is 5.06. The van der Waals surface area contributed by atoms with Gasteiger partial charge in [-0.2, -0.15) is 5.12 Å². The van der Waals surface area contributed by atoms with Crippen LogP contribution in [0.25, 0.3) is 0 Å². The number of anilines is 1. The van der Waals surface area contributed by atoms with Crippen LogP contribution in [0.1, 0.15) is 37.7 Å². The number of aryl methyl sites for hydroxylation is 1. The lowest BCUT2D eigenvalue weighted by molar-refractivity contribution is -0.113. The van der Waals surface area contributed by atoms with Gasteiger partial charge in [-0.15, -0.1) is 5.10 Å². The maximum absolute atomic E-state index is 11.9. The highest BCUT2D eigenvalue weighted by Crippen LogP contribution is 2.11. The summed E-state index contributed by atoms with van der Waals surface area (Å²) in [6.45, 7) is 0. The van der Waals surface area contributed by atoms with Gasteiger partial charge < -0.3 is 10.2 Å². The number of benzene rings is 1. The van der Waals surface area contributed by atoms with E-state index in [0.29, 0.717) is 12.3 Å². The van der Waals surface area contributed by atoms with E-state index in [1.54, 1.807) is 12.1 Å². The number of Topliss-reactive ketones (excluding diaryl/α,β-unsaturated/α-hetero) is 1. The molecular formula is C18H24N4O2. The van der Waals surface area contributed by atoms with E-state index in [1.807, 2.05) is 6.07 Å². The molecule has 0 aliphatic rings. The molecule has 0 aliphatic carbocycles. The van der Waals surface area contributed by atoms with E-state index in [0.717, 1.165) is 37.2 Å². The van der Waals surface area contributed by atoms with Crippen molar-refractivity contribution in [2.45, 2.75) is 38.5 Å². The van der Waals surface area contributed by atoms with Crippen LogP contribution < -0.4 is 16.7 Å². The lowest BCUT2D eigenvalue weighted by Crippen LogP contribution is -2.32. The lowest BCUT2D eigenvalue weighted by Gasteiger charge is -2.09. The molecule has 0 fully saturated rings. The quantitative estimate of drug-likeness (QED) is 0.230. The molecule has 1 aromatic heterocycles. The normalized spacial score (nSPS) is 11.5. The first-order valence-corrected chi connectivity index (χ1v) is 8.16. The maximum Gasteiger partial charge on any atom is 0.230 e. The molecule has 6 heteroatoms. The predicted octanol–water partition coefficient (Wildman–Crippen LogP) is 2.99. The van der Waals surface area contributed by atoms with Gasteiger partial charge in [0.2, 0.25) is 5.88 Å². The van der Waals surface area contributed by atoms with E-state index in [9.17, 15) is 4.79 Å². The molecule has 1 heterocycles. The topological polar surface area (TPSA) is 97.8 Å². The van der Waals surface area contributed by atoms with Gasteiger partial charge in [0.05, 0.1) is 6.26 Å². The van der Waals surface area contributed by atoms with E-state index in [1.165, 1.54) is 11.8 Å². The summed E-state index contributed by atoms with van der Waals surface area (Å²) in [5, 5.41) is 4.80. The molecule has 128 valence electrons. The van der Waals surface area contributed by atoms with Crippen LogP contribution in [0.4, 0.5) is 5.88 Å². The minimum Gasteiger partial charge on any atom is -0.446 e. The number of carbonyl (C=O) groups excluding carboxylic acids is 1. The highest BCUT2D eigenvalue weighted by atomic mass is 16.4. The van der Waals surface area contributed by atoms with Crippen LogP contribution in [-0.2, 0) is 11.2 Å². The average molecular weight is 328 g/mol. The standard InChI is InChI=1S/C18H24N4O2/c19-18(21-22(20)17-13-8-14-24-17)16(23)12-7-2-1-4-9-15-10-5-3-6-11-15/h3,5-6,8,10-11,13-14H,1-2,4,7,9,12,20H2,(H2,19,21). The number of hydrogen-bond acceptors (Lipinski definition) is 5. The molecule has 0 atom stereocenters. The number of rotatable bonds is 10. The van der Waals surface area contributed by atoms with E-state index in [4.69, 9.17) is 16.0 Å². The van der Waals surface area contributed by atoms with Gasteiger partial charge in [0.25, 0.3) is 0 Å². The maximum atomic E-state index is 11.9. The second kappa shape index (κ2) is 9.52. The minimum atomic E-state index is -0.194. The van der Waals surface area contributed by atoms with Crippen LogP contribution >= 0.6 is 0 Å². The third-order valence-electron chi connectivity index (χ3n) is 3.70. The fraction of sp³-hybridized carbons (Fsp3) is 0.333. The lowest BCUT2D eigenvalue weighted by atomic mass is 10.0. The molecule has 24 heavy (non-hydrogen) atoms. The van der Waals surface area contributed by atoms with Gasteiger partial charge in [0, 0.05) is 12.5 Å². The third kappa shape index (κ3) is 5.89. The number of hydrogen-bond donors (Lipinski definition) is 2. The molecule has 6 nitrogen and oxygen atoms in total. The van der Waals surface area contributed by atoms with Crippen molar-refractivity contribution in [2.24, 2.45) is 16.7 Å². The second-order valence-electron chi connectivity index (χ2n) is 5.60. The van der Waals surface area contributed by atoms with Gasteiger partial charge >= 0.3 is 0 Å². The Kier molecular flexibility index (Phi) is 7.04. The highest BCUT2D eigenvalue weighted by molar-refractivity contribution is 6.38. The Morgan fingerprint density at radius 2 is 1.79 bits per heavy atom. The van der Waals surface area contributed by atoms with Crippen molar-refractivity contribution in [1.82, 2.24) is 0 Å². The molecule has 0 aliphatic heterocycles. The van der Waals surface area contributed by atoms with Crippen molar-refractivity contribution in [3.05, 3.63) is 54.3 Å². The zero-order chi connectivity index (χ0) is 17.2. The Bertz CT molecular complexity index is 638. The Labute approximate surface area is 142 Å². The second-order valence-corrected chi connectivity index (χ2v) is 5.60. The number of ketones is 1. The number of furan rings is 1. The zero-order valence-corrected chi connectivity index (χ0v) is 13.7. The summed E-state index contributed by atoms with van der Waals surface area (Å²) in [4.78, 5) is 11.9. The Balaban J connectivity index is 1.62. The summed E-state index contributed by atoms with van der Waals surface area (Å²) in [7, 11) is 0. The molecule has 0 amide bonds. The van der Waals surface area contributed by atoms with Gasteiger partial charge in [-0.05, 0) is 30.9 Å². The number of nitrogens with zero attached hydrogens (tertiary/aromatic N) is 2. The molecular weight excluding hydrogens is 304 g/mol. The van der Waals surface area contributed by atoms with Crippen LogP contribution in [0, 0.1) is 0 Å². The first-order valence-electron chi connectivity index (χ1n) is 8.16. The van der Waals surface area contributed by atoms with Crippen LogP contribution in [0.5, 0.6) is 0 Å². The molecule has 4 N–H and O–H groups in total. The van der Waals surface area contributed by atoms with Crippen LogP contribution in [-0.4, -0.2) is 11.6 Å². The first-order chi connectivity index (χ1) is 11.7. The monoisotopic (exact) mass is 328 g/mol. The third-order valence-corrected chi connectivity index (χ3v) is 3.70. The van der Waals surface area contributed by atoms with Gasteiger partial charge in [0.1, 0.15) is 0 Å². The van der Waals surface area contributed by atoms with Crippen molar-refractivity contribution in [2.75, 3.05) is 5.12 Å². The summed E-state index contributed by atoms with van der Waals surface area (Å²) in [6.07, 6.45) is 6.94. The zero-order valence-electron chi connectivity index (χ0n) is 13.7. The number of unbranched alkanes of at least 4 members (excludes halogenated alkanes) is 3. The first kappa shape index (κ1) is 17.7. The fourth-order valence-corrected chi connectivity index (χ4v) is 2.36. The summed E-state index contributed by atoms with van der Waals surface area (Å²) in [5.74, 6) is 5.68. The summed E-state index contributed by atoms with van der Waals surface area (Å²) >= 11 is 0. The van der Waals surface area contributed by atoms with Crippen molar-refractivity contribution in [3.8, 4) is 0 Å². The SMILES string of the molecule is N/C(=N\N(N)c1ccco1)C(=O)CCCCCCc1ccccc1. The smallest absolute Gasteiger partial charge is 0.230 e. The predicted molar refractivity (Wildman–Crippen MR) is 95.2 cm³/mol. The van der Waals surface area contributed by atoms with Crippen molar-refractivity contribution in [1.29, 1.82) is 0 Å². The summed E-state index contributed by atoms with van der Waals surface area (Å²) in [5.41, 5.74) is 7.03. The van der Waals surface area contributed by atoms with Crippen LogP contribution in [0.3, 0.4) is 0 Å². The molecule has 1 aromatic carbocycles. The highest BCUT2D eigenvalue weighted by Gasteiger charge is 2.10. The van der Waals surface area contributed by atoms with Gasteiger partial charge in [0.15, 0.2) is 11.6 Å². The largest absolute Gasteiger partial charge is 0.446 e. The van der Waals surface area contributed by atoms with Crippen molar-refractivity contribution < 1.29 is 9.21 Å². The molecule has 0 saturated carbocycles. The summed E-state index contributed by atoms with van der Waals surface area (Å²) in [6, 6.07) is 13.7. The number of hydrazone groups is 1. The molecule has 0 bridgehead atoms. The molecule has 0 radical (unpaired) electrons. The molecule has 0 saturated heterocycles. The van der Waals surface area contributed by atoms with Gasteiger partial charge in [-0.3, -0.25) is 4.79 Å². The van der Waals surface area contributed by atoms with E-state index in [2.05, 4.69) is 29.4 Å².